The first-order chi connectivity index (χ1) is 14.3. The standard InChI is InChI=1S/C22H28N6O/c1-3-19(28-9-11-29-12-10-28)4-2-17(1)26-22-20-15-24-7-5-16(20)13-21(27-22)25-18-6-8-23-14-18/h1-4,7,13,18,23H,5-6,8-12,14-15H2,(H2,25,26,27)/t18-/m1/s1. The molecule has 2 saturated heterocycles. The minimum atomic E-state index is 0.443. The van der Waals surface area contributed by atoms with Crippen LogP contribution in [0.3, 0.4) is 0 Å². The summed E-state index contributed by atoms with van der Waals surface area (Å²) < 4.78 is 5.45. The predicted molar refractivity (Wildman–Crippen MR) is 118 cm³/mol. The van der Waals surface area contributed by atoms with Crippen LogP contribution in [-0.4, -0.2) is 56.6 Å². The summed E-state index contributed by atoms with van der Waals surface area (Å²) in [6, 6.07) is 11.2. The maximum absolute atomic E-state index is 5.45. The van der Waals surface area contributed by atoms with Crippen LogP contribution in [0.5, 0.6) is 0 Å². The highest BCUT2D eigenvalue weighted by molar-refractivity contribution is 5.72. The van der Waals surface area contributed by atoms with Gasteiger partial charge in [0, 0.05) is 55.2 Å². The van der Waals surface area contributed by atoms with E-state index in [2.05, 4.69) is 56.2 Å². The van der Waals surface area contributed by atoms with Gasteiger partial charge in [0.1, 0.15) is 11.6 Å². The monoisotopic (exact) mass is 392 g/mol. The van der Waals surface area contributed by atoms with Crippen molar-refractivity contribution in [1.29, 1.82) is 0 Å². The highest BCUT2D eigenvalue weighted by Gasteiger charge is 2.19. The van der Waals surface area contributed by atoms with Crippen molar-refractivity contribution >= 4 is 29.2 Å². The maximum atomic E-state index is 5.45. The Hall–Kier alpha value is -2.64. The predicted octanol–water partition coefficient (Wildman–Crippen LogP) is 2.56. The van der Waals surface area contributed by atoms with Gasteiger partial charge in [0.25, 0.3) is 0 Å². The van der Waals surface area contributed by atoms with Crippen LogP contribution in [0.2, 0.25) is 0 Å². The van der Waals surface area contributed by atoms with E-state index in [0.29, 0.717) is 12.6 Å². The highest BCUT2D eigenvalue weighted by Crippen LogP contribution is 2.29. The number of aliphatic imine (C=N–C) groups is 1. The van der Waals surface area contributed by atoms with Gasteiger partial charge in [0.2, 0.25) is 0 Å². The third-order valence-corrected chi connectivity index (χ3v) is 5.82. The van der Waals surface area contributed by atoms with Crippen molar-refractivity contribution in [3.8, 4) is 0 Å². The van der Waals surface area contributed by atoms with Gasteiger partial charge in [-0.3, -0.25) is 4.99 Å². The highest BCUT2D eigenvalue weighted by atomic mass is 16.5. The number of hydrogen-bond donors (Lipinski definition) is 3. The molecule has 3 N–H and O–H groups in total. The summed E-state index contributed by atoms with van der Waals surface area (Å²) in [5.41, 5.74) is 4.78. The van der Waals surface area contributed by atoms with E-state index in [-0.39, 0.29) is 0 Å². The molecule has 1 aromatic heterocycles. The number of morpholine rings is 1. The van der Waals surface area contributed by atoms with Crippen molar-refractivity contribution in [2.45, 2.75) is 25.4 Å². The molecule has 3 aliphatic heterocycles. The lowest BCUT2D eigenvalue weighted by atomic mass is 10.0. The molecule has 1 atom stereocenters. The van der Waals surface area contributed by atoms with Crippen molar-refractivity contribution in [3.63, 3.8) is 0 Å². The van der Waals surface area contributed by atoms with Crippen LogP contribution >= 0.6 is 0 Å². The molecule has 0 saturated carbocycles. The van der Waals surface area contributed by atoms with Gasteiger partial charge in [-0.15, -0.1) is 0 Å². The number of nitrogens with one attached hydrogen (secondary N) is 3. The minimum Gasteiger partial charge on any atom is -0.378 e. The van der Waals surface area contributed by atoms with E-state index < -0.39 is 0 Å². The Balaban J connectivity index is 1.36. The number of ether oxygens (including phenoxy) is 1. The van der Waals surface area contributed by atoms with Gasteiger partial charge in [-0.05, 0) is 48.9 Å². The van der Waals surface area contributed by atoms with E-state index in [1.807, 2.05) is 6.21 Å². The second-order valence-electron chi connectivity index (χ2n) is 7.83. The fourth-order valence-corrected chi connectivity index (χ4v) is 4.18. The minimum absolute atomic E-state index is 0.443. The molecule has 7 nitrogen and oxygen atoms in total. The number of rotatable bonds is 5. The van der Waals surface area contributed by atoms with E-state index in [1.54, 1.807) is 0 Å². The second kappa shape index (κ2) is 8.39. The summed E-state index contributed by atoms with van der Waals surface area (Å²) in [6.45, 7) is 6.23. The smallest absolute Gasteiger partial charge is 0.138 e. The zero-order chi connectivity index (χ0) is 19.5. The molecule has 5 rings (SSSR count). The molecule has 2 aromatic rings. The number of anilines is 4. The molecule has 0 amide bonds. The average Bonchev–Trinajstić information content (AvgIpc) is 3.28. The SMILES string of the molecule is C1=NCc2c(cc(N[C@@H]3CCNC3)nc2Nc2ccc(N3CCOCC3)cc2)C1. The Labute approximate surface area is 171 Å². The molecule has 0 radical (unpaired) electrons. The lowest BCUT2D eigenvalue weighted by Gasteiger charge is -2.29. The summed E-state index contributed by atoms with van der Waals surface area (Å²) in [4.78, 5) is 11.7. The van der Waals surface area contributed by atoms with Gasteiger partial charge in [-0.25, -0.2) is 4.98 Å². The lowest BCUT2D eigenvalue weighted by molar-refractivity contribution is 0.122. The fraction of sp³-hybridized carbons (Fsp3) is 0.455. The van der Waals surface area contributed by atoms with Crippen molar-refractivity contribution in [3.05, 3.63) is 41.5 Å². The van der Waals surface area contributed by atoms with Gasteiger partial charge in [-0.1, -0.05) is 0 Å². The summed E-state index contributed by atoms with van der Waals surface area (Å²) in [5.74, 6) is 1.85. The Kier molecular flexibility index (Phi) is 5.32. The van der Waals surface area contributed by atoms with Gasteiger partial charge < -0.3 is 25.6 Å². The Morgan fingerprint density at radius 2 is 2.00 bits per heavy atom. The molecule has 7 heteroatoms. The van der Waals surface area contributed by atoms with E-state index in [9.17, 15) is 0 Å². The molecular weight excluding hydrogens is 364 g/mol. The number of fused-ring (bicyclic) bond motifs is 1. The molecule has 0 aliphatic carbocycles. The first-order valence-electron chi connectivity index (χ1n) is 10.5. The van der Waals surface area contributed by atoms with E-state index in [1.165, 1.54) is 16.8 Å². The molecule has 4 heterocycles. The third kappa shape index (κ3) is 4.21. The molecule has 0 unspecified atom stereocenters. The Bertz CT molecular complexity index is 870. The number of pyridine rings is 1. The normalized spacial score (nSPS) is 21.1. The van der Waals surface area contributed by atoms with Crippen LogP contribution < -0.4 is 20.9 Å². The summed E-state index contributed by atoms with van der Waals surface area (Å²) >= 11 is 0. The van der Waals surface area contributed by atoms with E-state index in [4.69, 9.17) is 9.72 Å². The van der Waals surface area contributed by atoms with Gasteiger partial charge in [0.05, 0.1) is 19.8 Å². The molecule has 3 aliphatic rings. The number of aromatic nitrogens is 1. The van der Waals surface area contributed by atoms with Crippen LogP contribution in [0, 0.1) is 0 Å². The average molecular weight is 393 g/mol. The number of nitrogens with zero attached hydrogens (tertiary/aromatic N) is 3. The van der Waals surface area contributed by atoms with Gasteiger partial charge in [0.15, 0.2) is 0 Å². The van der Waals surface area contributed by atoms with Crippen molar-refractivity contribution in [1.82, 2.24) is 10.3 Å². The zero-order valence-electron chi connectivity index (χ0n) is 16.7. The first-order valence-corrected chi connectivity index (χ1v) is 10.5. The van der Waals surface area contributed by atoms with E-state index >= 15 is 0 Å². The van der Waals surface area contributed by atoms with Gasteiger partial charge in [-0.2, -0.15) is 0 Å². The molecule has 0 bridgehead atoms. The van der Waals surface area contributed by atoms with Crippen molar-refractivity contribution in [2.24, 2.45) is 4.99 Å². The summed E-state index contributed by atoms with van der Waals surface area (Å²) in [7, 11) is 0. The molecule has 29 heavy (non-hydrogen) atoms. The fourth-order valence-electron chi connectivity index (χ4n) is 4.18. The van der Waals surface area contributed by atoms with Crippen molar-refractivity contribution < 1.29 is 4.74 Å². The Morgan fingerprint density at radius 1 is 1.14 bits per heavy atom. The molecule has 2 fully saturated rings. The number of hydrogen-bond acceptors (Lipinski definition) is 7. The van der Waals surface area contributed by atoms with E-state index in [0.717, 1.165) is 69.6 Å². The second-order valence-corrected chi connectivity index (χ2v) is 7.83. The van der Waals surface area contributed by atoms with Crippen LogP contribution in [0.15, 0.2) is 35.3 Å². The number of benzene rings is 1. The third-order valence-electron chi connectivity index (χ3n) is 5.82. The zero-order valence-corrected chi connectivity index (χ0v) is 16.7. The molecule has 1 aromatic carbocycles. The van der Waals surface area contributed by atoms with Crippen LogP contribution in [0.1, 0.15) is 17.5 Å². The summed E-state index contributed by atoms with van der Waals surface area (Å²) in [6.07, 6.45) is 4.00. The van der Waals surface area contributed by atoms with Crippen molar-refractivity contribution in [2.75, 3.05) is 54.9 Å². The maximum Gasteiger partial charge on any atom is 0.138 e. The Morgan fingerprint density at radius 3 is 2.79 bits per heavy atom. The topological polar surface area (TPSA) is 73.8 Å². The molecular formula is C22H28N6O. The van der Waals surface area contributed by atoms with Crippen LogP contribution in [0.4, 0.5) is 23.0 Å². The first kappa shape index (κ1) is 18.4. The molecule has 0 spiro atoms. The summed E-state index contributed by atoms with van der Waals surface area (Å²) in [5, 5.41) is 10.5. The van der Waals surface area contributed by atoms with Gasteiger partial charge >= 0.3 is 0 Å². The lowest BCUT2D eigenvalue weighted by Crippen LogP contribution is -2.36. The molecule has 152 valence electrons. The van der Waals surface area contributed by atoms with Crippen LogP contribution in [-0.2, 0) is 17.7 Å². The largest absolute Gasteiger partial charge is 0.378 e. The van der Waals surface area contributed by atoms with Crippen LogP contribution in [0.25, 0.3) is 0 Å². The quantitative estimate of drug-likeness (QED) is 0.726.